The van der Waals surface area contributed by atoms with Crippen molar-refractivity contribution in [2.75, 3.05) is 5.32 Å². The smallest absolute Gasteiger partial charge is 0.407 e. The first-order chi connectivity index (χ1) is 14.3. The third-order valence-corrected chi connectivity index (χ3v) is 6.15. The van der Waals surface area contributed by atoms with Gasteiger partial charge in [-0.15, -0.1) is 0 Å². The number of nitrogens with one attached hydrogen (secondary N) is 3. The van der Waals surface area contributed by atoms with Crippen molar-refractivity contribution in [1.82, 2.24) is 25.3 Å². The predicted octanol–water partition coefficient (Wildman–Crippen LogP) is 2.96. The van der Waals surface area contributed by atoms with Gasteiger partial charge in [0.05, 0.1) is 6.20 Å². The fourth-order valence-electron chi connectivity index (χ4n) is 4.29. The van der Waals surface area contributed by atoms with Crippen LogP contribution in [0.15, 0.2) is 12.3 Å². The van der Waals surface area contributed by atoms with E-state index in [1.54, 1.807) is 0 Å². The van der Waals surface area contributed by atoms with Crippen molar-refractivity contribution in [2.45, 2.75) is 70.4 Å². The van der Waals surface area contributed by atoms with Gasteiger partial charge in [-0.2, -0.15) is 10.2 Å². The number of nitrogens with zero attached hydrogens (tertiary/aromatic N) is 3. The molecule has 2 aliphatic carbocycles. The van der Waals surface area contributed by atoms with E-state index in [9.17, 15) is 9.59 Å². The first-order valence-electron chi connectivity index (χ1n) is 10.6. The van der Waals surface area contributed by atoms with Gasteiger partial charge in [0.25, 0.3) is 0 Å². The zero-order valence-electron chi connectivity index (χ0n) is 17.9. The third-order valence-electron chi connectivity index (χ3n) is 6.15. The predicted molar refractivity (Wildman–Crippen MR) is 111 cm³/mol. The molecule has 2 aromatic rings. The number of ether oxygens (including phenoxy) is 1. The first-order valence-corrected chi connectivity index (χ1v) is 10.6. The van der Waals surface area contributed by atoms with Gasteiger partial charge in [-0.1, -0.05) is 0 Å². The zero-order chi connectivity index (χ0) is 21.4. The highest BCUT2D eigenvalue weighted by atomic mass is 16.6. The van der Waals surface area contributed by atoms with Crippen LogP contribution in [0.25, 0.3) is 0 Å². The highest BCUT2D eigenvalue weighted by Crippen LogP contribution is 2.49. The molecule has 2 heterocycles. The Kier molecular flexibility index (Phi) is 5.53. The molecule has 9 heteroatoms. The summed E-state index contributed by atoms with van der Waals surface area (Å²) < 4.78 is 7.33. The van der Waals surface area contributed by atoms with Crippen LogP contribution in [0, 0.1) is 12.8 Å². The van der Waals surface area contributed by atoms with E-state index in [1.807, 2.05) is 44.8 Å². The van der Waals surface area contributed by atoms with Gasteiger partial charge in [-0.25, -0.2) is 4.79 Å². The third kappa shape index (κ3) is 4.34. The summed E-state index contributed by atoms with van der Waals surface area (Å²) in [6.45, 7) is 5.84. The number of carbonyl (C=O) groups is 2. The van der Waals surface area contributed by atoms with E-state index in [-0.39, 0.29) is 41.9 Å². The van der Waals surface area contributed by atoms with Gasteiger partial charge < -0.3 is 15.4 Å². The minimum atomic E-state index is -0.365. The van der Waals surface area contributed by atoms with Gasteiger partial charge in [0.2, 0.25) is 5.91 Å². The molecular weight excluding hydrogens is 384 g/mol. The summed E-state index contributed by atoms with van der Waals surface area (Å²) >= 11 is 0. The molecule has 2 amide bonds. The molecule has 4 atom stereocenters. The minimum Gasteiger partial charge on any atom is -0.446 e. The molecule has 30 heavy (non-hydrogen) atoms. The maximum absolute atomic E-state index is 12.6. The molecule has 0 spiro atoms. The summed E-state index contributed by atoms with van der Waals surface area (Å²) in [5.41, 5.74) is 3.23. The number of amides is 2. The van der Waals surface area contributed by atoms with Crippen LogP contribution < -0.4 is 10.6 Å². The summed E-state index contributed by atoms with van der Waals surface area (Å²) in [6.07, 6.45) is 4.74. The molecule has 2 aromatic heterocycles. The average molecular weight is 415 g/mol. The number of aromatic nitrogens is 4. The van der Waals surface area contributed by atoms with Gasteiger partial charge in [0, 0.05) is 42.4 Å². The van der Waals surface area contributed by atoms with Crippen LogP contribution >= 0.6 is 0 Å². The largest absolute Gasteiger partial charge is 0.446 e. The fourth-order valence-corrected chi connectivity index (χ4v) is 4.29. The Hall–Kier alpha value is -2.84. The number of rotatable bonds is 6. The van der Waals surface area contributed by atoms with Gasteiger partial charge in [0.1, 0.15) is 6.10 Å². The van der Waals surface area contributed by atoms with Gasteiger partial charge >= 0.3 is 6.09 Å². The number of H-pyrrole nitrogens is 1. The molecule has 0 aromatic carbocycles. The number of alkyl carbamates (subject to hydrolysis) is 1. The Morgan fingerprint density at radius 2 is 2.10 bits per heavy atom. The molecule has 4 rings (SSSR count). The molecule has 3 N–H and O–H groups in total. The van der Waals surface area contributed by atoms with Crippen molar-refractivity contribution in [3.63, 3.8) is 0 Å². The Balaban J connectivity index is 1.28. The number of anilines is 1. The lowest BCUT2D eigenvalue weighted by molar-refractivity contribution is -0.117. The lowest BCUT2D eigenvalue weighted by atomic mass is 10.0. The molecule has 0 radical (unpaired) electrons. The number of hydrogen-bond acceptors (Lipinski definition) is 5. The Morgan fingerprint density at radius 3 is 2.80 bits per heavy atom. The molecule has 9 nitrogen and oxygen atoms in total. The van der Waals surface area contributed by atoms with E-state index in [4.69, 9.17) is 4.74 Å². The monoisotopic (exact) mass is 414 g/mol. The van der Waals surface area contributed by atoms with Crippen molar-refractivity contribution in [1.29, 1.82) is 0 Å². The van der Waals surface area contributed by atoms with Gasteiger partial charge in [-0.3, -0.25) is 14.6 Å². The van der Waals surface area contributed by atoms with E-state index < -0.39 is 0 Å². The SMILES string of the molecule is Cc1c([C@@H]2C[C@H]2C(=O)Nc2cc([C@H]3CC[C@@H](OC(=O)NC(C)C)C3)[nH]n2)cnn1C. The van der Waals surface area contributed by atoms with E-state index in [0.717, 1.165) is 42.6 Å². The Bertz CT molecular complexity index is 933. The molecule has 2 saturated carbocycles. The second-order valence-corrected chi connectivity index (χ2v) is 8.79. The lowest BCUT2D eigenvalue weighted by Crippen LogP contribution is -2.33. The van der Waals surface area contributed by atoms with Crippen LogP contribution in [0.2, 0.25) is 0 Å². The maximum atomic E-state index is 12.6. The highest BCUT2D eigenvalue weighted by molar-refractivity contribution is 5.94. The summed E-state index contributed by atoms with van der Waals surface area (Å²) in [4.78, 5) is 24.4. The highest BCUT2D eigenvalue weighted by Gasteiger charge is 2.45. The molecule has 2 aliphatic rings. The summed E-state index contributed by atoms with van der Waals surface area (Å²) in [7, 11) is 1.91. The van der Waals surface area contributed by atoms with E-state index >= 15 is 0 Å². The van der Waals surface area contributed by atoms with Crippen molar-refractivity contribution in [3.05, 3.63) is 29.2 Å². The van der Waals surface area contributed by atoms with Crippen LogP contribution in [0.5, 0.6) is 0 Å². The number of hydrogen-bond donors (Lipinski definition) is 3. The van der Waals surface area contributed by atoms with E-state index in [1.165, 1.54) is 0 Å². The van der Waals surface area contributed by atoms with Gasteiger partial charge in [-0.05, 0) is 57.9 Å². The standard InChI is InChI=1S/C21H30N6O3/c1-11(2)23-21(29)30-14-6-5-13(7-14)18-9-19(26-25-18)24-20(28)16-8-15(16)17-10-22-27(4)12(17)3/h9-11,13-16H,5-8H2,1-4H3,(H,23,29)(H2,24,25,26,28)/t13-,14+,15+,16+/m0/s1. The minimum absolute atomic E-state index is 0.000656. The molecule has 162 valence electrons. The number of carbonyl (C=O) groups excluding carboxylic acids is 2. The topological polar surface area (TPSA) is 114 Å². The second kappa shape index (κ2) is 8.12. The van der Waals surface area contributed by atoms with E-state index in [2.05, 4.69) is 25.9 Å². The Labute approximate surface area is 175 Å². The summed E-state index contributed by atoms with van der Waals surface area (Å²) in [5.74, 6) is 0.995. The first kappa shape index (κ1) is 20.4. The van der Waals surface area contributed by atoms with Crippen molar-refractivity contribution in [3.8, 4) is 0 Å². The normalized spacial score (nSPS) is 25.4. The molecule has 0 saturated heterocycles. The molecule has 0 unspecified atom stereocenters. The maximum Gasteiger partial charge on any atom is 0.407 e. The van der Waals surface area contributed by atoms with Crippen LogP contribution in [0.3, 0.4) is 0 Å². The van der Waals surface area contributed by atoms with Crippen LogP contribution in [0.4, 0.5) is 10.6 Å². The van der Waals surface area contributed by atoms with E-state index in [0.29, 0.717) is 5.82 Å². The molecular formula is C21H30N6O3. The lowest BCUT2D eigenvalue weighted by Gasteiger charge is -2.14. The van der Waals surface area contributed by atoms with Gasteiger partial charge in [0.15, 0.2) is 5.82 Å². The zero-order valence-corrected chi connectivity index (χ0v) is 17.9. The van der Waals surface area contributed by atoms with Crippen LogP contribution in [-0.2, 0) is 16.6 Å². The number of aromatic amines is 1. The average Bonchev–Trinajstić information content (AvgIpc) is 2.97. The molecule has 0 bridgehead atoms. The van der Waals surface area contributed by atoms with Crippen molar-refractivity contribution >= 4 is 17.8 Å². The van der Waals surface area contributed by atoms with Crippen molar-refractivity contribution in [2.24, 2.45) is 13.0 Å². The van der Waals surface area contributed by atoms with Crippen LogP contribution in [0.1, 0.15) is 68.3 Å². The number of aryl methyl sites for hydroxylation is 1. The Morgan fingerprint density at radius 1 is 1.30 bits per heavy atom. The van der Waals surface area contributed by atoms with Crippen molar-refractivity contribution < 1.29 is 14.3 Å². The summed E-state index contributed by atoms with van der Waals surface area (Å²) in [6, 6.07) is 1.95. The summed E-state index contributed by atoms with van der Waals surface area (Å²) in [5, 5.41) is 17.3. The quantitative estimate of drug-likeness (QED) is 0.672. The molecule has 0 aliphatic heterocycles. The molecule has 2 fully saturated rings. The fraction of sp³-hybridized carbons (Fsp3) is 0.619. The second-order valence-electron chi connectivity index (χ2n) is 8.79. The van der Waals surface area contributed by atoms with Crippen LogP contribution in [-0.4, -0.2) is 44.1 Å².